The molecule has 9 heteroatoms. The van der Waals surface area contributed by atoms with Crippen LogP contribution < -0.4 is 10.2 Å². The molecule has 2 N–H and O–H groups in total. The molecule has 0 aliphatic heterocycles. The smallest absolute Gasteiger partial charge is 0.268 e. The quantitative estimate of drug-likeness (QED) is 0.0272. The zero-order chi connectivity index (χ0) is 52.0. The molecule has 71 heavy (non-hydrogen) atoms. The highest BCUT2D eigenvalue weighted by Crippen LogP contribution is 2.38. The monoisotopic (exact) mass is 1010 g/mol. The largest absolute Gasteiger partial charge is 0.756 e. The van der Waals surface area contributed by atoms with Gasteiger partial charge < -0.3 is 28.8 Å². The summed E-state index contributed by atoms with van der Waals surface area (Å²) in [5.41, 5.74) is 0. The third-order valence-electron chi connectivity index (χ3n) is 12.5. The summed E-state index contributed by atoms with van der Waals surface area (Å²) in [4.78, 5) is 25.5. The first-order valence-electron chi connectivity index (χ1n) is 29.1. The summed E-state index contributed by atoms with van der Waals surface area (Å²) in [6, 6.07) is -0.894. The summed E-state index contributed by atoms with van der Waals surface area (Å²) in [6.45, 7) is 4.53. The number of hydrogen-bond acceptors (Lipinski definition) is 6. The van der Waals surface area contributed by atoms with E-state index in [0.29, 0.717) is 17.4 Å². The number of quaternary nitrogens is 1. The van der Waals surface area contributed by atoms with Crippen LogP contribution in [-0.4, -0.2) is 68.5 Å². The van der Waals surface area contributed by atoms with Crippen molar-refractivity contribution in [2.75, 3.05) is 40.9 Å². The molecule has 3 atom stereocenters. The number of nitrogens with zero attached hydrogens (tertiary/aromatic N) is 1. The lowest BCUT2D eigenvalue weighted by Gasteiger charge is -2.29. The van der Waals surface area contributed by atoms with Crippen LogP contribution in [-0.2, 0) is 18.4 Å². The fraction of sp³-hybridized carbons (Fsp3) is 0.726. The van der Waals surface area contributed by atoms with Gasteiger partial charge in [-0.1, -0.05) is 252 Å². The summed E-state index contributed by atoms with van der Waals surface area (Å²) < 4.78 is 23.3. The number of carbonyl (C=O) groups is 1. The highest BCUT2D eigenvalue weighted by Gasteiger charge is 2.23. The maximum Gasteiger partial charge on any atom is 0.268 e. The van der Waals surface area contributed by atoms with E-state index in [9.17, 15) is 19.4 Å². The standard InChI is InChI=1S/C62H111N2O6P/c1-6-8-10-12-14-16-18-20-22-24-25-26-27-28-29-30-31-32-33-34-35-36-37-38-39-40-42-44-46-48-50-52-54-56-62(66)63-60(59-70-71(67,68)69-58-57-64(3,4)5)61(65)55-53-51-49-47-45-43-41-23-21-19-17-15-13-11-9-7-2/h8,10,14,16,20,22,25-26,28-29,31-32,34-35,53,55,60-61,65H,6-7,9,11-13,15,17-19,21,23-24,27,30,33,36-52,54,56-59H2,1-5H3,(H-,63,66,67,68)/b10-8-,16-14-,22-20-,26-25-,29-28-,32-31-,35-34-,55-53+. The van der Waals surface area contributed by atoms with Gasteiger partial charge in [-0.15, -0.1) is 0 Å². The van der Waals surface area contributed by atoms with Gasteiger partial charge in [0.25, 0.3) is 7.82 Å². The molecule has 8 nitrogen and oxygen atoms in total. The van der Waals surface area contributed by atoms with Gasteiger partial charge in [-0.2, -0.15) is 0 Å². The molecule has 0 saturated heterocycles. The van der Waals surface area contributed by atoms with Gasteiger partial charge in [-0.3, -0.25) is 9.36 Å². The molecule has 0 bridgehead atoms. The van der Waals surface area contributed by atoms with E-state index in [1.54, 1.807) is 6.08 Å². The molecular weight excluding hydrogens is 900 g/mol. The summed E-state index contributed by atoms with van der Waals surface area (Å²) in [7, 11) is 1.25. The van der Waals surface area contributed by atoms with Crippen molar-refractivity contribution in [1.82, 2.24) is 5.32 Å². The maximum absolute atomic E-state index is 13.0. The number of allylic oxidation sites excluding steroid dienone is 15. The molecule has 1 amide bonds. The highest BCUT2D eigenvalue weighted by molar-refractivity contribution is 7.45. The van der Waals surface area contributed by atoms with E-state index >= 15 is 0 Å². The van der Waals surface area contributed by atoms with Crippen molar-refractivity contribution in [3.63, 3.8) is 0 Å². The van der Waals surface area contributed by atoms with E-state index in [-0.39, 0.29) is 19.1 Å². The van der Waals surface area contributed by atoms with E-state index in [4.69, 9.17) is 9.05 Å². The number of unbranched alkanes of at least 4 members (excludes halogenated alkanes) is 25. The van der Waals surface area contributed by atoms with Crippen LogP contribution >= 0.6 is 7.82 Å². The SMILES string of the molecule is CC/C=C\C/C=C\C/C=C\C/C=C\C/C=C\C/C=C\C/C=C\CCCCCCCCCCCCCC(=O)NC(COP(=O)([O-])OCC[N+](C)(C)C)C(O)/C=C/CCCCCCCCCCCCCCCC. The Kier molecular flexibility index (Phi) is 50.4. The summed E-state index contributed by atoms with van der Waals surface area (Å²) >= 11 is 0. The average Bonchev–Trinajstić information content (AvgIpc) is 3.33. The second kappa shape index (κ2) is 52.3. The number of likely N-dealkylation sites (N-methyl/N-ethyl adjacent to an activating group) is 1. The van der Waals surface area contributed by atoms with Crippen LogP contribution in [0.2, 0.25) is 0 Å². The van der Waals surface area contributed by atoms with Crippen LogP contribution in [0.5, 0.6) is 0 Å². The van der Waals surface area contributed by atoms with Crippen LogP contribution in [0.25, 0.3) is 0 Å². The predicted octanol–water partition coefficient (Wildman–Crippen LogP) is 17.2. The van der Waals surface area contributed by atoms with Gasteiger partial charge in [0.15, 0.2) is 0 Å². The molecule has 0 heterocycles. The predicted molar refractivity (Wildman–Crippen MR) is 306 cm³/mol. The Morgan fingerprint density at radius 1 is 0.507 bits per heavy atom. The van der Waals surface area contributed by atoms with Gasteiger partial charge in [-0.05, 0) is 77.0 Å². The van der Waals surface area contributed by atoms with Crippen molar-refractivity contribution in [2.45, 2.75) is 251 Å². The molecule has 0 aliphatic rings. The van der Waals surface area contributed by atoms with Crippen molar-refractivity contribution >= 4 is 13.7 Å². The second-order valence-corrected chi connectivity index (χ2v) is 22.0. The van der Waals surface area contributed by atoms with Gasteiger partial charge in [-0.25, -0.2) is 0 Å². The average molecular weight is 1010 g/mol. The van der Waals surface area contributed by atoms with Gasteiger partial charge in [0.2, 0.25) is 5.91 Å². The van der Waals surface area contributed by atoms with Gasteiger partial charge >= 0.3 is 0 Å². The van der Waals surface area contributed by atoms with Crippen LogP contribution in [0, 0.1) is 0 Å². The fourth-order valence-electron chi connectivity index (χ4n) is 8.02. The molecule has 0 radical (unpaired) electrons. The minimum absolute atomic E-state index is 0.00526. The number of nitrogens with one attached hydrogen (secondary N) is 1. The van der Waals surface area contributed by atoms with Crippen LogP contribution in [0.3, 0.4) is 0 Å². The maximum atomic E-state index is 13.0. The molecule has 0 aromatic heterocycles. The lowest BCUT2D eigenvalue weighted by Crippen LogP contribution is -2.45. The van der Waals surface area contributed by atoms with Crippen molar-refractivity contribution in [3.05, 3.63) is 97.2 Å². The number of carbonyl (C=O) groups excluding carboxylic acids is 1. The van der Waals surface area contributed by atoms with E-state index in [0.717, 1.165) is 83.5 Å². The van der Waals surface area contributed by atoms with Crippen molar-refractivity contribution in [1.29, 1.82) is 0 Å². The molecule has 0 spiro atoms. The van der Waals surface area contributed by atoms with E-state index in [1.165, 1.54) is 135 Å². The number of aliphatic hydroxyl groups is 1. The first-order chi connectivity index (χ1) is 34.5. The minimum Gasteiger partial charge on any atom is -0.756 e. The zero-order valence-corrected chi connectivity index (χ0v) is 47.5. The number of hydrogen-bond donors (Lipinski definition) is 2. The number of phosphoric acid groups is 1. The van der Waals surface area contributed by atoms with Crippen molar-refractivity contribution < 1.29 is 32.9 Å². The first-order valence-corrected chi connectivity index (χ1v) is 30.6. The molecule has 0 aliphatic carbocycles. The summed E-state index contributed by atoms with van der Waals surface area (Å²) in [6.07, 6.45) is 74.8. The number of amides is 1. The Labute approximate surface area is 439 Å². The van der Waals surface area contributed by atoms with E-state index < -0.39 is 20.0 Å². The van der Waals surface area contributed by atoms with Crippen LogP contribution in [0.1, 0.15) is 239 Å². The van der Waals surface area contributed by atoms with Gasteiger partial charge in [0, 0.05) is 6.42 Å². The topological polar surface area (TPSA) is 108 Å². The Morgan fingerprint density at radius 2 is 0.859 bits per heavy atom. The fourth-order valence-corrected chi connectivity index (χ4v) is 8.74. The Balaban J connectivity index is 4.16. The molecule has 0 aromatic carbocycles. The molecule has 0 aromatic rings. The highest BCUT2D eigenvalue weighted by atomic mass is 31.2. The van der Waals surface area contributed by atoms with E-state index in [1.807, 2.05) is 27.2 Å². The molecule has 410 valence electrons. The van der Waals surface area contributed by atoms with E-state index in [2.05, 4.69) is 104 Å². The minimum atomic E-state index is -4.60. The molecule has 3 unspecified atom stereocenters. The van der Waals surface area contributed by atoms with Crippen molar-refractivity contribution in [2.24, 2.45) is 0 Å². The number of rotatable bonds is 52. The third kappa shape index (κ3) is 55.0. The van der Waals surface area contributed by atoms with Gasteiger partial charge in [0.05, 0.1) is 39.9 Å². The zero-order valence-electron chi connectivity index (χ0n) is 46.6. The summed E-state index contributed by atoms with van der Waals surface area (Å²) in [5, 5.41) is 13.9. The molecule has 0 rings (SSSR count). The molecule has 0 fully saturated rings. The van der Waals surface area contributed by atoms with Crippen LogP contribution in [0.4, 0.5) is 0 Å². The number of aliphatic hydroxyl groups excluding tert-OH is 1. The van der Waals surface area contributed by atoms with Gasteiger partial charge in [0.1, 0.15) is 13.2 Å². The Morgan fingerprint density at radius 3 is 1.25 bits per heavy atom. The van der Waals surface area contributed by atoms with Crippen LogP contribution in [0.15, 0.2) is 97.2 Å². The third-order valence-corrected chi connectivity index (χ3v) is 13.5. The lowest BCUT2D eigenvalue weighted by molar-refractivity contribution is -0.870. The summed E-state index contributed by atoms with van der Waals surface area (Å²) in [5.74, 6) is -0.204. The normalized spacial score (nSPS) is 14.6. The Bertz CT molecular complexity index is 1470. The molecular formula is C62H111N2O6P. The van der Waals surface area contributed by atoms with Crippen molar-refractivity contribution in [3.8, 4) is 0 Å². The molecule has 0 saturated carbocycles. The number of phosphoric ester groups is 1. The first kappa shape index (κ1) is 68.4. The lowest BCUT2D eigenvalue weighted by atomic mass is 10.0. The second-order valence-electron chi connectivity index (χ2n) is 20.6. The Hall–Kier alpha value is -2.58.